The van der Waals surface area contributed by atoms with E-state index < -0.39 is 24.1 Å². The first-order chi connectivity index (χ1) is 3.15. The van der Waals surface area contributed by atoms with Crippen molar-refractivity contribution in [1.82, 2.24) is 0 Å². The molecule has 0 amide bonds. The van der Waals surface area contributed by atoms with Crippen molar-refractivity contribution >= 4 is 5.97 Å². The van der Waals surface area contributed by atoms with Gasteiger partial charge in [-0.3, -0.25) is 4.79 Å². The van der Waals surface area contributed by atoms with E-state index in [-0.39, 0.29) is 31.0 Å². The number of carboxylic acids is 1. The van der Waals surface area contributed by atoms with Gasteiger partial charge in [-0.15, -0.1) is 0 Å². The average molecular weight is 187 g/mol. The van der Waals surface area contributed by atoms with Crippen molar-refractivity contribution in [2.24, 2.45) is 0 Å². The van der Waals surface area contributed by atoms with Crippen LogP contribution in [0, 0.1) is 0 Å². The number of aliphatic carboxylic acids is 1. The van der Waals surface area contributed by atoms with Crippen LogP contribution in [-0.4, -0.2) is 11.1 Å². The number of carbonyl (C=O) groups is 1. The third kappa shape index (κ3) is 271. The Hall–Kier alpha value is 0.953. The van der Waals surface area contributed by atoms with Crippen LogP contribution in [0.4, 0.5) is 6.63 Å². The monoisotopic (exact) mass is 186 g/mol. The normalized spacial score (nSPS) is 4.38. The van der Waals surface area contributed by atoms with Crippen LogP contribution in [0.2, 0.25) is 0 Å². The van der Waals surface area contributed by atoms with Crippen molar-refractivity contribution in [1.29, 1.82) is 0 Å². The molecule has 0 aliphatic rings. The quantitative estimate of drug-likeness (QED) is 0.448. The molecular formula is C2H5F2NaO2Zn. The van der Waals surface area contributed by atoms with Crippen LogP contribution in [0.1, 0.15) is 8.35 Å². The summed E-state index contributed by atoms with van der Waals surface area (Å²) in [5, 5.41) is 7.42. The molecule has 0 rings (SSSR count). The fourth-order valence-electron chi connectivity index (χ4n) is 0. The van der Waals surface area contributed by atoms with Crippen LogP contribution in [0.25, 0.3) is 0 Å². The molecule has 0 aromatic heterocycles. The maximum atomic E-state index is 9.81. The summed E-state index contributed by atoms with van der Waals surface area (Å²) in [7, 11) is 0. The summed E-state index contributed by atoms with van der Waals surface area (Å²) in [6.45, 7) is 1.08. The van der Waals surface area contributed by atoms with Gasteiger partial charge in [0.1, 0.15) is 0 Å². The Labute approximate surface area is 78.2 Å². The van der Waals surface area contributed by atoms with Gasteiger partial charge in [0.05, 0.1) is 0 Å². The predicted molar refractivity (Wildman–Crippen MR) is 16.6 cm³/mol. The smallest absolute Gasteiger partial charge is 1.00 e. The van der Waals surface area contributed by atoms with Crippen molar-refractivity contribution in [2.45, 2.75) is 6.92 Å². The zero-order valence-corrected chi connectivity index (χ0v) is 9.79. The fraction of sp³-hybridized carbons (Fsp3) is 0.500. The topological polar surface area (TPSA) is 37.3 Å². The first-order valence-corrected chi connectivity index (χ1v) is 3.71. The van der Waals surface area contributed by atoms with E-state index >= 15 is 0 Å². The second-order valence-corrected chi connectivity index (χ2v) is 1.04. The number of rotatable bonds is 0. The Balaban J connectivity index is -0.0000000233. The molecule has 0 spiro atoms. The van der Waals surface area contributed by atoms with E-state index in [2.05, 4.69) is 0 Å². The number of halogens is 2. The molecule has 0 aromatic rings. The molecule has 0 aliphatic heterocycles. The first kappa shape index (κ1) is 16.0. The summed E-state index contributed by atoms with van der Waals surface area (Å²) in [5.41, 5.74) is 0. The van der Waals surface area contributed by atoms with Gasteiger partial charge in [0.25, 0.3) is 5.97 Å². The van der Waals surface area contributed by atoms with E-state index in [0.717, 1.165) is 6.92 Å². The average Bonchev–Trinajstić information content (AvgIpc) is 1.33. The second kappa shape index (κ2) is 15.7. The predicted octanol–water partition coefficient (Wildman–Crippen LogP) is -1.95. The molecule has 0 saturated carbocycles. The molecule has 42 valence electrons. The molecule has 0 aromatic carbocycles. The van der Waals surface area contributed by atoms with Gasteiger partial charge in [-0.25, -0.2) is 0 Å². The van der Waals surface area contributed by atoms with Crippen molar-refractivity contribution in [3.05, 3.63) is 0 Å². The van der Waals surface area contributed by atoms with E-state index in [4.69, 9.17) is 9.90 Å². The van der Waals surface area contributed by atoms with E-state index in [1.54, 1.807) is 0 Å². The summed E-state index contributed by atoms with van der Waals surface area (Å²) in [4.78, 5) is 9.00. The van der Waals surface area contributed by atoms with Crippen LogP contribution in [-0.2, 0) is 22.9 Å². The molecule has 2 nitrogen and oxygen atoms in total. The molecule has 0 fully saturated rings. The van der Waals surface area contributed by atoms with Gasteiger partial charge in [0, 0.05) is 6.92 Å². The molecule has 1 N–H and O–H groups in total. The molecule has 0 atom stereocenters. The largest absolute Gasteiger partial charge is 1.00 e. The minimum Gasteiger partial charge on any atom is -1.00 e. The van der Waals surface area contributed by atoms with Crippen LogP contribution < -0.4 is 29.6 Å². The summed E-state index contributed by atoms with van der Waals surface area (Å²) < 4.78 is 19.6. The Kier molecular flexibility index (Phi) is 31.3. The minimum atomic E-state index is -2.88. The Morgan fingerprint density at radius 1 is 1.75 bits per heavy atom. The summed E-state index contributed by atoms with van der Waals surface area (Å²) in [6, 6.07) is 0. The summed E-state index contributed by atoms with van der Waals surface area (Å²) in [5.74, 6) is -0.833. The Morgan fingerprint density at radius 2 is 1.75 bits per heavy atom. The molecule has 0 bridgehead atoms. The third-order valence-electron chi connectivity index (χ3n) is 0. The van der Waals surface area contributed by atoms with E-state index in [1.165, 1.54) is 0 Å². The third-order valence-corrected chi connectivity index (χ3v) is 0. The molecule has 0 radical (unpaired) electrons. The standard InChI is InChI=1S/C2H4O2.2FH.Na.Zn.H/c1-2(3)4;;;;;/h1H3,(H,3,4);2*1H;;;/q;;;+1;+2;-1/p-2. The zero-order valence-electron chi connectivity index (χ0n) is 5.82. The van der Waals surface area contributed by atoms with Crippen molar-refractivity contribution in [3.63, 3.8) is 0 Å². The van der Waals surface area contributed by atoms with Crippen molar-refractivity contribution < 1.29 is 65.6 Å². The SMILES string of the molecule is CC(=O)O.[F][Zn][F].[H-].[Na+]. The van der Waals surface area contributed by atoms with Gasteiger partial charge in [-0.2, -0.15) is 0 Å². The van der Waals surface area contributed by atoms with E-state index in [9.17, 15) is 6.63 Å². The molecule has 0 aliphatic carbocycles. The van der Waals surface area contributed by atoms with Crippen LogP contribution in [0.3, 0.4) is 0 Å². The fourth-order valence-corrected chi connectivity index (χ4v) is 0. The van der Waals surface area contributed by atoms with Crippen molar-refractivity contribution in [3.8, 4) is 0 Å². The number of carboxylic acid groups (broad SMARTS) is 1. The Morgan fingerprint density at radius 3 is 1.75 bits per heavy atom. The van der Waals surface area contributed by atoms with Crippen LogP contribution >= 0.6 is 0 Å². The van der Waals surface area contributed by atoms with E-state index in [0.29, 0.717) is 0 Å². The van der Waals surface area contributed by atoms with Crippen LogP contribution in [0.5, 0.6) is 0 Å². The molecule has 8 heavy (non-hydrogen) atoms. The molecule has 0 heterocycles. The molecule has 0 saturated heterocycles. The van der Waals surface area contributed by atoms with Gasteiger partial charge >= 0.3 is 54.3 Å². The van der Waals surface area contributed by atoms with Gasteiger partial charge in [0.15, 0.2) is 0 Å². The van der Waals surface area contributed by atoms with Gasteiger partial charge in [-0.05, 0) is 0 Å². The van der Waals surface area contributed by atoms with Gasteiger partial charge in [-0.1, -0.05) is 0 Å². The maximum absolute atomic E-state index is 9.81. The first-order valence-electron chi connectivity index (χ1n) is 1.46. The second-order valence-electron chi connectivity index (χ2n) is 0.620. The maximum Gasteiger partial charge on any atom is 1.00 e. The Bertz CT molecular complexity index is 53.8. The summed E-state index contributed by atoms with van der Waals surface area (Å²) in [6.07, 6.45) is 0. The van der Waals surface area contributed by atoms with E-state index in [1.807, 2.05) is 0 Å². The number of hydrogen-bond acceptors (Lipinski definition) is 1. The molecule has 6 heteroatoms. The molecular weight excluding hydrogens is 182 g/mol. The van der Waals surface area contributed by atoms with Gasteiger partial charge < -0.3 is 6.53 Å². The summed E-state index contributed by atoms with van der Waals surface area (Å²) >= 11 is -2.88. The van der Waals surface area contributed by atoms with Crippen molar-refractivity contribution in [2.75, 3.05) is 0 Å². The zero-order chi connectivity index (χ0) is 6.28. The minimum absolute atomic E-state index is 0. The van der Waals surface area contributed by atoms with Gasteiger partial charge in [0.2, 0.25) is 0 Å². The molecule has 0 unspecified atom stereocenters. The number of hydrogen-bond donors (Lipinski definition) is 1. The van der Waals surface area contributed by atoms with Crippen LogP contribution in [0.15, 0.2) is 0 Å².